The van der Waals surface area contributed by atoms with E-state index in [1.54, 1.807) is 0 Å². The Bertz CT molecular complexity index is 774. The number of ether oxygens (including phenoxy) is 2. The summed E-state index contributed by atoms with van der Waals surface area (Å²) >= 11 is 0. The zero-order chi connectivity index (χ0) is 18.6. The Kier molecular flexibility index (Phi) is 5.66. The van der Waals surface area contributed by atoms with Crippen molar-refractivity contribution in [3.05, 3.63) is 65.5 Å². The molecule has 2 aromatic carbocycles. The lowest BCUT2D eigenvalue weighted by atomic mass is 10.0. The van der Waals surface area contributed by atoms with Gasteiger partial charge in [0, 0.05) is 6.42 Å². The minimum atomic E-state index is -3.49. The van der Waals surface area contributed by atoms with Crippen molar-refractivity contribution in [2.24, 2.45) is 0 Å². The average Bonchev–Trinajstić information content (AvgIpc) is 2.58. The van der Waals surface area contributed by atoms with Crippen molar-refractivity contribution < 1.29 is 31.4 Å². The lowest BCUT2D eigenvalue weighted by Gasteiger charge is -2.18. The van der Waals surface area contributed by atoms with Gasteiger partial charge in [0.15, 0.2) is 18.1 Å². The first-order valence-electron chi connectivity index (χ1n) is 7.21. The van der Waals surface area contributed by atoms with Crippen molar-refractivity contribution in [3.63, 3.8) is 0 Å². The summed E-state index contributed by atoms with van der Waals surface area (Å²) in [7, 11) is 1.14. The molecular formula is C18H15F5O2. The van der Waals surface area contributed by atoms with Gasteiger partial charge in [0.2, 0.25) is 11.6 Å². The molecule has 0 N–H and O–H groups in total. The fourth-order valence-electron chi connectivity index (χ4n) is 2.13. The molecule has 25 heavy (non-hydrogen) atoms. The number of hydrogen-bond donors (Lipinski definition) is 0. The summed E-state index contributed by atoms with van der Waals surface area (Å²) in [5.74, 6) is -8.12. The third kappa shape index (κ3) is 4.49. The number of methoxy groups -OCH3 is 1. The van der Waals surface area contributed by atoms with E-state index in [9.17, 15) is 22.0 Å². The monoisotopic (exact) mass is 358 g/mol. The van der Waals surface area contributed by atoms with Crippen molar-refractivity contribution >= 4 is 6.08 Å². The van der Waals surface area contributed by atoms with Gasteiger partial charge in [-0.1, -0.05) is 24.8 Å². The Labute approximate surface area is 141 Å². The van der Waals surface area contributed by atoms with E-state index in [-0.39, 0.29) is 11.3 Å². The minimum absolute atomic E-state index is 0.222. The first kappa shape index (κ1) is 18.8. The molecule has 0 spiro atoms. The van der Waals surface area contributed by atoms with Crippen LogP contribution in [0.1, 0.15) is 11.1 Å². The van der Waals surface area contributed by atoms with E-state index in [0.717, 1.165) is 25.3 Å². The summed E-state index contributed by atoms with van der Waals surface area (Å²) in [4.78, 5) is 0. The Morgan fingerprint density at radius 1 is 1.04 bits per heavy atom. The minimum Gasteiger partial charge on any atom is -0.494 e. The SMILES string of the molecule is C=Cc1ccc(CC(F)(F)COc2ccc(OC)c(F)c2F)c(F)c1. The molecule has 0 aliphatic rings. The maximum atomic E-state index is 14.0. The third-order valence-electron chi connectivity index (χ3n) is 3.43. The summed E-state index contributed by atoms with van der Waals surface area (Å²) in [5.41, 5.74) is 0.233. The number of hydrogen-bond acceptors (Lipinski definition) is 2. The van der Waals surface area contributed by atoms with Crippen molar-refractivity contribution in [1.82, 2.24) is 0 Å². The van der Waals surface area contributed by atoms with E-state index in [0.29, 0.717) is 5.56 Å². The molecule has 0 amide bonds. The van der Waals surface area contributed by atoms with Gasteiger partial charge in [-0.3, -0.25) is 0 Å². The lowest BCUT2D eigenvalue weighted by molar-refractivity contribution is -0.0416. The second kappa shape index (κ2) is 7.55. The third-order valence-corrected chi connectivity index (χ3v) is 3.43. The molecule has 0 aliphatic heterocycles. The first-order valence-corrected chi connectivity index (χ1v) is 7.21. The van der Waals surface area contributed by atoms with Crippen molar-refractivity contribution in [3.8, 4) is 11.5 Å². The Morgan fingerprint density at radius 3 is 2.28 bits per heavy atom. The van der Waals surface area contributed by atoms with Crippen molar-refractivity contribution in [1.29, 1.82) is 0 Å². The molecule has 2 nitrogen and oxygen atoms in total. The number of rotatable bonds is 7. The highest BCUT2D eigenvalue weighted by atomic mass is 19.3. The molecule has 0 saturated carbocycles. The van der Waals surface area contributed by atoms with E-state index in [2.05, 4.69) is 16.1 Å². The van der Waals surface area contributed by atoms with E-state index in [4.69, 9.17) is 0 Å². The Morgan fingerprint density at radius 2 is 1.68 bits per heavy atom. The van der Waals surface area contributed by atoms with Gasteiger partial charge in [-0.05, 0) is 29.3 Å². The highest BCUT2D eigenvalue weighted by Gasteiger charge is 2.32. The Hall–Kier alpha value is -2.57. The van der Waals surface area contributed by atoms with Gasteiger partial charge in [0.1, 0.15) is 5.82 Å². The fraction of sp³-hybridized carbons (Fsp3) is 0.222. The molecule has 0 saturated heterocycles. The summed E-state index contributed by atoms with van der Waals surface area (Å²) in [6.07, 6.45) is 0.436. The standard InChI is InChI=1S/C18H15F5O2/c1-3-11-4-5-12(13(19)8-11)9-18(22,23)10-25-15-7-6-14(24-2)16(20)17(15)21/h3-8H,1,9-10H2,2H3. The molecule has 0 heterocycles. The normalized spacial score (nSPS) is 11.3. The summed E-state index contributed by atoms with van der Waals surface area (Å²) in [5, 5.41) is 0. The zero-order valence-electron chi connectivity index (χ0n) is 13.3. The maximum Gasteiger partial charge on any atom is 0.285 e. The van der Waals surface area contributed by atoms with Crippen LogP contribution in [-0.4, -0.2) is 19.6 Å². The predicted octanol–water partition coefficient (Wildman–Crippen LogP) is 5.01. The van der Waals surface area contributed by atoms with Crippen LogP contribution in [0.15, 0.2) is 36.9 Å². The summed E-state index contributed by atoms with van der Waals surface area (Å²) in [6, 6.07) is 5.78. The molecule has 0 aromatic heterocycles. The second-order valence-corrected chi connectivity index (χ2v) is 5.27. The first-order chi connectivity index (χ1) is 11.8. The number of benzene rings is 2. The van der Waals surface area contributed by atoms with E-state index < -0.39 is 42.2 Å². The number of alkyl halides is 2. The van der Waals surface area contributed by atoms with Crippen LogP contribution in [0.25, 0.3) is 6.08 Å². The lowest BCUT2D eigenvalue weighted by Crippen LogP contribution is -2.29. The van der Waals surface area contributed by atoms with E-state index >= 15 is 0 Å². The average molecular weight is 358 g/mol. The van der Waals surface area contributed by atoms with Gasteiger partial charge in [0.05, 0.1) is 7.11 Å². The second-order valence-electron chi connectivity index (χ2n) is 5.27. The van der Waals surface area contributed by atoms with Crippen LogP contribution in [0.4, 0.5) is 22.0 Å². The van der Waals surface area contributed by atoms with Gasteiger partial charge in [0.25, 0.3) is 5.92 Å². The van der Waals surface area contributed by atoms with E-state index in [1.807, 2.05) is 0 Å². The molecule has 0 unspecified atom stereocenters. The predicted molar refractivity (Wildman–Crippen MR) is 83.5 cm³/mol. The van der Waals surface area contributed by atoms with Crippen LogP contribution in [0, 0.1) is 17.5 Å². The molecule has 0 atom stereocenters. The fourth-order valence-corrected chi connectivity index (χ4v) is 2.13. The van der Waals surface area contributed by atoms with Gasteiger partial charge in [-0.15, -0.1) is 0 Å². The van der Waals surface area contributed by atoms with E-state index in [1.165, 1.54) is 18.2 Å². The van der Waals surface area contributed by atoms with Crippen molar-refractivity contribution in [2.45, 2.75) is 12.3 Å². The summed E-state index contributed by atoms with van der Waals surface area (Å²) < 4.78 is 78.2. The largest absolute Gasteiger partial charge is 0.494 e. The maximum absolute atomic E-state index is 14.0. The highest BCUT2D eigenvalue weighted by molar-refractivity contribution is 5.47. The van der Waals surface area contributed by atoms with Gasteiger partial charge < -0.3 is 9.47 Å². The van der Waals surface area contributed by atoms with Crippen LogP contribution in [0.2, 0.25) is 0 Å². The smallest absolute Gasteiger partial charge is 0.285 e. The van der Waals surface area contributed by atoms with Crippen LogP contribution in [-0.2, 0) is 6.42 Å². The molecule has 134 valence electrons. The zero-order valence-corrected chi connectivity index (χ0v) is 13.3. The van der Waals surface area contributed by atoms with Crippen LogP contribution >= 0.6 is 0 Å². The molecule has 0 fully saturated rings. The Balaban J connectivity index is 2.09. The molecule has 7 heteroatoms. The molecule has 0 bridgehead atoms. The van der Waals surface area contributed by atoms with Gasteiger partial charge in [-0.25, -0.2) is 13.2 Å². The molecule has 2 rings (SSSR count). The molecule has 0 radical (unpaired) electrons. The molecular weight excluding hydrogens is 343 g/mol. The molecule has 0 aliphatic carbocycles. The topological polar surface area (TPSA) is 18.5 Å². The van der Waals surface area contributed by atoms with Crippen LogP contribution in [0.3, 0.4) is 0 Å². The summed E-state index contributed by atoms with van der Waals surface area (Å²) in [6.45, 7) is 2.22. The molecule has 2 aromatic rings. The number of halogens is 5. The van der Waals surface area contributed by atoms with Gasteiger partial charge in [-0.2, -0.15) is 8.78 Å². The van der Waals surface area contributed by atoms with Gasteiger partial charge >= 0.3 is 0 Å². The quantitative estimate of drug-likeness (QED) is 0.648. The van der Waals surface area contributed by atoms with Crippen LogP contribution < -0.4 is 9.47 Å². The van der Waals surface area contributed by atoms with Crippen molar-refractivity contribution in [2.75, 3.05) is 13.7 Å². The highest BCUT2D eigenvalue weighted by Crippen LogP contribution is 2.29. The van der Waals surface area contributed by atoms with Crippen LogP contribution in [0.5, 0.6) is 11.5 Å².